The van der Waals surface area contributed by atoms with Gasteiger partial charge in [-0.2, -0.15) is 0 Å². The van der Waals surface area contributed by atoms with E-state index < -0.39 is 0 Å². The number of aromatic amines is 1. The number of benzene rings is 2. The van der Waals surface area contributed by atoms with E-state index in [1.807, 2.05) is 31.4 Å². The van der Waals surface area contributed by atoms with Crippen molar-refractivity contribution >= 4 is 33.1 Å². The first kappa shape index (κ1) is 16.1. The fourth-order valence-electron chi connectivity index (χ4n) is 3.94. The van der Waals surface area contributed by atoms with Gasteiger partial charge in [0.25, 0.3) is 0 Å². The van der Waals surface area contributed by atoms with Gasteiger partial charge >= 0.3 is 0 Å². The summed E-state index contributed by atoms with van der Waals surface area (Å²) in [5.74, 6) is 1.21. The molecule has 5 aromatic rings. The van der Waals surface area contributed by atoms with E-state index in [1.165, 1.54) is 12.1 Å². The third kappa shape index (κ3) is 2.19. The molecule has 8 nitrogen and oxygen atoms in total. The molecule has 1 aliphatic heterocycles. The zero-order valence-corrected chi connectivity index (χ0v) is 15.4. The number of aromatic hydroxyl groups is 1. The zero-order chi connectivity index (χ0) is 19.7. The van der Waals surface area contributed by atoms with Gasteiger partial charge in [-0.1, -0.05) is 6.07 Å². The summed E-state index contributed by atoms with van der Waals surface area (Å²) in [6.45, 7) is 1.01. The Hall–Kier alpha value is -3.94. The highest BCUT2D eigenvalue weighted by molar-refractivity contribution is 6.16. The maximum Gasteiger partial charge on any atom is 0.186 e. The average molecular weight is 389 g/mol. The quantitative estimate of drug-likeness (QED) is 0.456. The maximum atomic E-state index is 11.9. The largest absolute Gasteiger partial charge is 0.507 e. The minimum atomic E-state index is -0.326. The standard InChI is InChI=1S/C21H15N3O5/c1-24-21-12(9-22-24)17(10-2-3-14-15(6-10)28-5-4-27-14)20-19(23-21)18-13(26)7-11(25)8-16(18)29-20/h2-3,6-9,22,26H,4-5H2,1H3. The molecule has 0 aliphatic carbocycles. The van der Waals surface area contributed by atoms with Crippen LogP contribution >= 0.6 is 0 Å². The third-order valence-electron chi connectivity index (χ3n) is 5.22. The van der Waals surface area contributed by atoms with Crippen LogP contribution in [0.1, 0.15) is 0 Å². The van der Waals surface area contributed by atoms with Crippen LogP contribution in [0.25, 0.3) is 44.2 Å². The van der Waals surface area contributed by atoms with E-state index in [4.69, 9.17) is 18.9 Å². The number of ether oxygens (including phenoxy) is 2. The van der Waals surface area contributed by atoms with Crippen LogP contribution in [0, 0.1) is 0 Å². The van der Waals surface area contributed by atoms with Gasteiger partial charge in [0.15, 0.2) is 28.2 Å². The predicted octanol–water partition coefficient (Wildman–Crippen LogP) is 3.30. The van der Waals surface area contributed by atoms with E-state index in [0.717, 1.165) is 16.5 Å². The molecular formula is C21H15N3O5. The first-order chi connectivity index (χ1) is 14.1. The molecule has 3 aromatic heterocycles. The number of H-pyrrole nitrogens is 1. The van der Waals surface area contributed by atoms with Crippen LogP contribution in [-0.4, -0.2) is 33.1 Å². The smallest absolute Gasteiger partial charge is 0.186 e. The molecule has 0 bridgehead atoms. The minimum Gasteiger partial charge on any atom is -0.507 e. The van der Waals surface area contributed by atoms with E-state index in [9.17, 15) is 9.90 Å². The number of phenolic OH excluding ortho intramolecular Hbond substituents is 1. The van der Waals surface area contributed by atoms with Gasteiger partial charge in [0.05, 0.1) is 5.39 Å². The van der Waals surface area contributed by atoms with Gasteiger partial charge < -0.3 is 24.1 Å². The summed E-state index contributed by atoms with van der Waals surface area (Å²) >= 11 is 0. The number of fused-ring (bicyclic) bond motifs is 5. The number of hydrogen-bond donors (Lipinski definition) is 2. The van der Waals surface area contributed by atoms with Crippen LogP contribution in [-0.2, 0) is 7.05 Å². The predicted molar refractivity (Wildman–Crippen MR) is 107 cm³/mol. The summed E-state index contributed by atoms with van der Waals surface area (Å²) in [7, 11) is 1.85. The van der Waals surface area contributed by atoms with Crippen molar-refractivity contribution in [2.75, 3.05) is 13.2 Å². The molecule has 2 N–H and O–H groups in total. The van der Waals surface area contributed by atoms with Crippen molar-refractivity contribution in [3.63, 3.8) is 0 Å². The average Bonchev–Trinajstić information content (AvgIpc) is 3.26. The van der Waals surface area contributed by atoms with Gasteiger partial charge in [0, 0.05) is 36.3 Å². The Balaban J connectivity index is 1.78. The summed E-state index contributed by atoms with van der Waals surface area (Å²) in [6, 6.07) is 8.23. The molecule has 4 heterocycles. The van der Waals surface area contributed by atoms with Crippen molar-refractivity contribution in [1.82, 2.24) is 14.8 Å². The van der Waals surface area contributed by atoms with Crippen molar-refractivity contribution in [3.05, 3.63) is 46.8 Å². The zero-order valence-electron chi connectivity index (χ0n) is 15.4. The van der Waals surface area contributed by atoms with Crippen molar-refractivity contribution in [2.24, 2.45) is 7.05 Å². The van der Waals surface area contributed by atoms with E-state index in [2.05, 4.69) is 5.10 Å². The Labute approximate surface area is 162 Å². The second-order valence-corrected chi connectivity index (χ2v) is 7.01. The number of furan rings is 1. The van der Waals surface area contributed by atoms with Crippen LogP contribution in [0.3, 0.4) is 0 Å². The maximum absolute atomic E-state index is 11.9. The molecule has 0 atom stereocenters. The fourth-order valence-corrected chi connectivity index (χ4v) is 3.94. The lowest BCUT2D eigenvalue weighted by Gasteiger charge is -2.19. The normalized spacial score (nSPS) is 13.6. The first-order valence-corrected chi connectivity index (χ1v) is 9.13. The number of nitrogens with zero attached hydrogens (tertiary/aromatic N) is 2. The number of nitrogens with one attached hydrogen (secondary N) is 1. The molecular weight excluding hydrogens is 374 g/mol. The van der Waals surface area contributed by atoms with Gasteiger partial charge in [-0.25, -0.2) is 4.98 Å². The second kappa shape index (κ2) is 5.54. The molecule has 0 unspecified atom stereocenters. The number of rotatable bonds is 1. The summed E-state index contributed by atoms with van der Waals surface area (Å²) in [4.78, 5) is 16.6. The summed E-state index contributed by atoms with van der Waals surface area (Å²) in [6.07, 6.45) is 1.85. The minimum absolute atomic E-state index is 0.149. The summed E-state index contributed by atoms with van der Waals surface area (Å²) < 4.78 is 19.2. The Kier molecular flexibility index (Phi) is 3.07. The van der Waals surface area contributed by atoms with Gasteiger partial charge in [-0.3, -0.25) is 9.48 Å². The molecule has 0 saturated heterocycles. The van der Waals surface area contributed by atoms with Crippen LogP contribution < -0.4 is 14.9 Å². The van der Waals surface area contributed by atoms with Crippen molar-refractivity contribution in [3.8, 4) is 28.4 Å². The Bertz CT molecular complexity index is 1510. The number of aryl methyl sites for hydroxylation is 1. The molecule has 0 amide bonds. The lowest BCUT2D eigenvalue weighted by Crippen LogP contribution is -2.15. The molecule has 0 fully saturated rings. The molecule has 29 heavy (non-hydrogen) atoms. The van der Waals surface area contributed by atoms with Gasteiger partial charge in [-0.15, -0.1) is 0 Å². The Morgan fingerprint density at radius 3 is 2.83 bits per heavy atom. The SMILES string of the molecule is Cn1[nH]cc2c(-c3ccc4c(c3)OCCO4)c3oc4cc(=O)cc(O)c4c3nc21. The number of pyridine rings is 1. The molecule has 0 saturated carbocycles. The van der Waals surface area contributed by atoms with Crippen molar-refractivity contribution in [2.45, 2.75) is 0 Å². The first-order valence-electron chi connectivity index (χ1n) is 9.13. The van der Waals surface area contributed by atoms with E-state index >= 15 is 0 Å². The lowest BCUT2D eigenvalue weighted by molar-refractivity contribution is 0.171. The molecule has 8 heteroatoms. The number of phenols is 1. The highest BCUT2D eigenvalue weighted by Crippen LogP contribution is 2.43. The van der Waals surface area contributed by atoms with Gasteiger partial charge in [-0.05, 0) is 17.7 Å². The number of hydrogen-bond acceptors (Lipinski definition) is 6. The van der Waals surface area contributed by atoms with Gasteiger partial charge in [0.2, 0.25) is 0 Å². The van der Waals surface area contributed by atoms with Crippen LogP contribution in [0.2, 0.25) is 0 Å². The Morgan fingerprint density at radius 2 is 1.97 bits per heavy atom. The fraction of sp³-hybridized carbons (Fsp3) is 0.143. The van der Waals surface area contributed by atoms with E-state index in [1.54, 1.807) is 4.68 Å². The molecule has 6 rings (SSSR count). The molecule has 144 valence electrons. The summed E-state index contributed by atoms with van der Waals surface area (Å²) in [5, 5.41) is 14.8. The molecule has 1 aliphatic rings. The number of aromatic nitrogens is 3. The highest BCUT2D eigenvalue weighted by atomic mass is 16.6. The molecule has 2 aromatic carbocycles. The third-order valence-corrected chi connectivity index (χ3v) is 5.22. The van der Waals surface area contributed by atoms with E-state index in [0.29, 0.717) is 52.4 Å². The molecule has 0 spiro atoms. The Morgan fingerprint density at radius 1 is 1.14 bits per heavy atom. The van der Waals surface area contributed by atoms with Crippen molar-refractivity contribution < 1.29 is 19.0 Å². The lowest BCUT2D eigenvalue weighted by atomic mass is 10.0. The van der Waals surface area contributed by atoms with Crippen LogP contribution in [0.15, 0.2) is 45.7 Å². The van der Waals surface area contributed by atoms with Crippen LogP contribution in [0.5, 0.6) is 17.2 Å². The summed E-state index contributed by atoms with van der Waals surface area (Å²) in [5.41, 5.74) is 3.29. The van der Waals surface area contributed by atoms with Crippen LogP contribution in [0.4, 0.5) is 0 Å². The second-order valence-electron chi connectivity index (χ2n) is 7.01. The molecule has 0 radical (unpaired) electrons. The topological polar surface area (TPSA) is 103 Å². The van der Waals surface area contributed by atoms with Crippen molar-refractivity contribution in [1.29, 1.82) is 0 Å². The monoisotopic (exact) mass is 389 g/mol. The van der Waals surface area contributed by atoms with E-state index in [-0.39, 0.29) is 11.2 Å². The highest BCUT2D eigenvalue weighted by Gasteiger charge is 2.23. The van der Waals surface area contributed by atoms with Gasteiger partial charge in [0.1, 0.15) is 30.1 Å².